The van der Waals surface area contributed by atoms with Crippen molar-refractivity contribution in [3.8, 4) is 11.1 Å². The van der Waals surface area contributed by atoms with Crippen molar-refractivity contribution in [1.82, 2.24) is 9.97 Å². The number of nitrogen functional groups attached to an aromatic ring is 1. The maximum Gasteiger partial charge on any atom is 0.335 e. The molecule has 5 N–H and O–H groups in total. The molecule has 1 heterocycles. The molecule has 0 saturated carbocycles. The van der Waals surface area contributed by atoms with E-state index < -0.39 is 17.8 Å². The zero-order valence-electron chi connectivity index (χ0n) is 14.3. The molecule has 0 saturated heterocycles. The summed E-state index contributed by atoms with van der Waals surface area (Å²) in [5.74, 6) is -3.18. The van der Waals surface area contributed by atoms with Gasteiger partial charge in [-0.3, -0.25) is 4.79 Å². The van der Waals surface area contributed by atoms with Gasteiger partial charge in [0.15, 0.2) is 0 Å². The van der Waals surface area contributed by atoms with Gasteiger partial charge in [0.1, 0.15) is 6.33 Å². The number of carbonyl (C=O) groups is 3. The maximum absolute atomic E-state index is 12.5. The SMILES string of the molecule is Nc1cc(C(=O)Nc2cc(C(=O)O)cc(C(=O)O)c2)ccc1-c1cncnc1. The van der Waals surface area contributed by atoms with Crippen LogP contribution in [-0.4, -0.2) is 38.0 Å². The zero-order valence-corrected chi connectivity index (χ0v) is 14.3. The van der Waals surface area contributed by atoms with E-state index in [0.717, 1.165) is 6.07 Å². The molecule has 0 atom stereocenters. The average molecular weight is 378 g/mol. The first kappa shape index (κ1) is 18.5. The Morgan fingerprint density at radius 3 is 2.00 bits per heavy atom. The molecular weight excluding hydrogens is 364 g/mol. The predicted octanol–water partition coefficient (Wildman–Crippen LogP) is 2.37. The number of nitrogens with two attached hydrogens (primary N) is 1. The van der Waals surface area contributed by atoms with Crippen LogP contribution in [0.25, 0.3) is 11.1 Å². The van der Waals surface area contributed by atoms with Gasteiger partial charge in [0.25, 0.3) is 5.91 Å². The van der Waals surface area contributed by atoms with E-state index in [1.807, 2.05) is 0 Å². The topological polar surface area (TPSA) is 156 Å². The molecule has 0 spiro atoms. The molecule has 9 nitrogen and oxygen atoms in total. The lowest BCUT2D eigenvalue weighted by Crippen LogP contribution is -2.14. The highest BCUT2D eigenvalue weighted by atomic mass is 16.4. The van der Waals surface area contributed by atoms with Crippen molar-refractivity contribution in [2.75, 3.05) is 11.1 Å². The van der Waals surface area contributed by atoms with E-state index in [4.69, 9.17) is 15.9 Å². The summed E-state index contributed by atoms with van der Waals surface area (Å²) in [5.41, 5.74) is 7.44. The molecule has 1 amide bonds. The van der Waals surface area contributed by atoms with Gasteiger partial charge >= 0.3 is 11.9 Å². The van der Waals surface area contributed by atoms with Crippen LogP contribution in [-0.2, 0) is 0 Å². The lowest BCUT2D eigenvalue weighted by Gasteiger charge is -2.10. The van der Waals surface area contributed by atoms with Gasteiger partial charge in [0.2, 0.25) is 0 Å². The van der Waals surface area contributed by atoms with E-state index in [0.29, 0.717) is 16.8 Å². The number of hydrogen-bond acceptors (Lipinski definition) is 6. The third-order valence-corrected chi connectivity index (χ3v) is 3.87. The Balaban J connectivity index is 1.88. The minimum Gasteiger partial charge on any atom is -0.478 e. The molecule has 0 aliphatic carbocycles. The van der Waals surface area contributed by atoms with E-state index >= 15 is 0 Å². The summed E-state index contributed by atoms with van der Waals surface area (Å²) in [6.07, 6.45) is 4.56. The van der Waals surface area contributed by atoms with Gasteiger partial charge in [0, 0.05) is 40.5 Å². The molecule has 0 unspecified atom stereocenters. The van der Waals surface area contributed by atoms with Crippen LogP contribution in [0.3, 0.4) is 0 Å². The molecule has 2 aromatic carbocycles. The number of nitrogens with zero attached hydrogens (tertiary/aromatic N) is 2. The second kappa shape index (κ2) is 7.54. The Bertz CT molecular complexity index is 1050. The number of nitrogens with one attached hydrogen (secondary N) is 1. The third kappa shape index (κ3) is 3.93. The molecule has 0 radical (unpaired) electrons. The smallest absolute Gasteiger partial charge is 0.335 e. The highest BCUT2D eigenvalue weighted by Crippen LogP contribution is 2.26. The van der Waals surface area contributed by atoms with Crippen LogP contribution in [0.5, 0.6) is 0 Å². The molecule has 0 aliphatic heterocycles. The molecule has 0 aliphatic rings. The first-order chi connectivity index (χ1) is 13.3. The van der Waals surface area contributed by atoms with Gasteiger partial charge < -0.3 is 21.3 Å². The number of benzene rings is 2. The van der Waals surface area contributed by atoms with Crippen LogP contribution in [0, 0.1) is 0 Å². The Kier molecular flexibility index (Phi) is 4.99. The minimum absolute atomic E-state index is 0.0430. The van der Waals surface area contributed by atoms with Crippen molar-refractivity contribution in [1.29, 1.82) is 0 Å². The fourth-order valence-corrected chi connectivity index (χ4v) is 2.56. The second-order valence-electron chi connectivity index (χ2n) is 5.79. The lowest BCUT2D eigenvalue weighted by molar-refractivity contribution is 0.0696. The Hall–Kier alpha value is -4.27. The number of anilines is 2. The summed E-state index contributed by atoms with van der Waals surface area (Å²) in [7, 11) is 0. The van der Waals surface area contributed by atoms with Crippen LogP contribution in [0.2, 0.25) is 0 Å². The van der Waals surface area contributed by atoms with Crippen molar-refractivity contribution in [2.24, 2.45) is 0 Å². The second-order valence-corrected chi connectivity index (χ2v) is 5.79. The van der Waals surface area contributed by atoms with Crippen molar-refractivity contribution >= 4 is 29.2 Å². The quantitative estimate of drug-likeness (QED) is 0.493. The summed E-state index contributed by atoms with van der Waals surface area (Å²) >= 11 is 0. The lowest BCUT2D eigenvalue weighted by atomic mass is 10.0. The summed E-state index contributed by atoms with van der Waals surface area (Å²) < 4.78 is 0. The number of carboxylic acids is 2. The van der Waals surface area contributed by atoms with Gasteiger partial charge in [-0.05, 0) is 30.3 Å². The summed E-state index contributed by atoms with van der Waals surface area (Å²) in [5, 5.41) is 20.7. The molecule has 9 heteroatoms. The van der Waals surface area contributed by atoms with Crippen molar-refractivity contribution < 1.29 is 24.6 Å². The Morgan fingerprint density at radius 2 is 1.46 bits per heavy atom. The highest BCUT2D eigenvalue weighted by molar-refractivity contribution is 6.06. The Labute approximate surface area is 158 Å². The minimum atomic E-state index is -1.31. The van der Waals surface area contributed by atoms with E-state index in [2.05, 4.69) is 15.3 Å². The molecule has 1 aromatic heterocycles. The van der Waals surface area contributed by atoms with Crippen LogP contribution >= 0.6 is 0 Å². The molecular formula is C19H14N4O5. The van der Waals surface area contributed by atoms with Gasteiger partial charge in [-0.1, -0.05) is 6.07 Å². The average Bonchev–Trinajstić information content (AvgIpc) is 2.68. The first-order valence-corrected chi connectivity index (χ1v) is 7.93. The normalized spacial score (nSPS) is 10.3. The largest absolute Gasteiger partial charge is 0.478 e. The maximum atomic E-state index is 12.5. The van der Waals surface area contributed by atoms with Crippen molar-refractivity contribution in [3.63, 3.8) is 0 Å². The number of hydrogen-bond donors (Lipinski definition) is 4. The van der Waals surface area contributed by atoms with E-state index in [9.17, 15) is 14.4 Å². The number of aromatic carboxylic acids is 2. The number of carbonyl (C=O) groups excluding carboxylic acids is 1. The summed E-state index contributed by atoms with van der Waals surface area (Å²) in [4.78, 5) is 42.7. The van der Waals surface area contributed by atoms with E-state index in [1.54, 1.807) is 18.5 Å². The monoisotopic (exact) mass is 378 g/mol. The van der Waals surface area contributed by atoms with Gasteiger partial charge in [-0.15, -0.1) is 0 Å². The standard InChI is InChI=1S/C19H14N4O5/c20-16-6-10(1-2-15(16)13-7-21-9-22-8-13)17(24)23-14-4-11(18(25)26)3-12(5-14)19(27)28/h1-9H,20H2,(H,23,24)(H,25,26)(H,27,28). The number of rotatable bonds is 5. The van der Waals surface area contributed by atoms with E-state index in [1.165, 1.54) is 30.6 Å². The molecule has 28 heavy (non-hydrogen) atoms. The van der Waals surface area contributed by atoms with Gasteiger partial charge in [-0.2, -0.15) is 0 Å². The Morgan fingerprint density at radius 1 is 0.857 bits per heavy atom. The van der Waals surface area contributed by atoms with Gasteiger partial charge in [-0.25, -0.2) is 19.6 Å². The molecule has 140 valence electrons. The van der Waals surface area contributed by atoms with Crippen LogP contribution in [0.4, 0.5) is 11.4 Å². The van der Waals surface area contributed by atoms with E-state index in [-0.39, 0.29) is 22.4 Å². The summed E-state index contributed by atoms with van der Waals surface area (Å²) in [6.45, 7) is 0. The van der Waals surface area contributed by atoms with Crippen molar-refractivity contribution in [3.05, 3.63) is 71.8 Å². The van der Waals surface area contributed by atoms with Gasteiger partial charge in [0.05, 0.1) is 11.1 Å². The molecule has 0 bridgehead atoms. The molecule has 3 rings (SSSR count). The number of amides is 1. The van der Waals surface area contributed by atoms with Crippen LogP contribution in [0.15, 0.2) is 55.1 Å². The predicted molar refractivity (Wildman–Crippen MR) is 100 cm³/mol. The highest BCUT2D eigenvalue weighted by Gasteiger charge is 2.15. The molecule has 0 fully saturated rings. The number of carboxylic acid groups (broad SMARTS) is 2. The van der Waals surface area contributed by atoms with Crippen LogP contribution < -0.4 is 11.1 Å². The number of aromatic nitrogens is 2. The fraction of sp³-hybridized carbons (Fsp3) is 0. The zero-order chi connectivity index (χ0) is 20.3. The first-order valence-electron chi connectivity index (χ1n) is 7.93. The summed E-state index contributed by atoms with van der Waals surface area (Å²) in [6, 6.07) is 7.98. The van der Waals surface area contributed by atoms with Crippen LogP contribution in [0.1, 0.15) is 31.1 Å². The third-order valence-electron chi connectivity index (χ3n) is 3.87. The molecule has 3 aromatic rings. The fourth-order valence-electron chi connectivity index (χ4n) is 2.56. The van der Waals surface area contributed by atoms with Crippen molar-refractivity contribution in [2.45, 2.75) is 0 Å².